The monoisotopic (exact) mass is 298 g/mol. The zero-order chi connectivity index (χ0) is 15.6. The number of rotatable bonds is 4. The van der Waals surface area contributed by atoms with Crippen LogP contribution in [-0.2, 0) is 0 Å². The van der Waals surface area contributed by atoms with Gasteiger partial charge in [-0.2, -0.15) is 13.2 Å². The first-order valence-corrected chi connectivity index (χ1v) is 6.21. The van der Waals surface area contributed by atoms with Crippen LogP contribution >= 0.6 is 0 Å². The molecule has 1 unspecified atom stereocenters. The van der Waals surface area contributed by atoms with Crippen LogP contribution in [0.25, 0.3) is 10.8 Å². The van der Waals surface area contributed by atoms with Crippen LogP contribution in [-0.4, -0.2) is 29.8 Å². The molecule has 0 spiro atoms. The fourth-order valence-corrected chi connectivity index (χ4v) is 1.93. The lowest BCUT2D eigenvalue weighted by Crippen LogP contribution is -2.34. The number of ether oxygens (including phenoxy) is 1. The van der Waals surface area contributed by atoms with Gasteiger partial charge in [-0.05, 0) is 18.4 Å². The third-order valence-corrected chi connectivity index (χ3v) is 3.02. The lowest BCUT2D eigenvalue weighted by atomic mass is 10.0. The number of Topliss-reactive ketones (excluding diaryl/α,β-unsaturated/α-hetero) is 1. The molecule has 2 aromatic rings. The lowest BCUT2D eigenvalue weighted by Gasteiger charge is -2.17. The molecule has 0 saturated carbocycles. The van der Waals surface area contributed by atoms with E-state index >= 15 is 0 Å². The molecule has 0 aliphatic heterocycles. The first-order valence-electron chi connectivity index (χ1n) is 6.21. The number of fused-ring (bicyclic) bond motifs is 1. The molecule has 2 rings (SSSR count). The Balaban J connectivity index is 2.40. The maximum absolute atomic E-state index is 12.3. The van der Waals surface area contributed by atoms with Crippen molar-refractivity contribution in [1.29, 1.82) is 0 Å². The van der Waals surface area contributed by atoms with Crippen LogP contribution in [0.3, 0.4) is 0 Å². The maximum atomic E-state index is 12.3. The van der Waals surface area contributed by atoms with Crippen LogP contribution in [0.4, 0.5) is 13.2 Å². The zero-order valence-corrected chi connectivity index (χ0v) is 11.1. The average molecular weight is 298 g/mol. The molecule has 0 radical (unpaired) electrons. The van der Waals surface area contributed by atoms with Crippen LogP contribution < -0.4 is 4.74 Å². The Morgan fingerprint density at radius 1 is 1.24 bits per heavy atom. The highest BCUT2D eigenvalue weighted by Crippen LogP contribution is 2.31. The minimum absolute atomic E-state index is 0.0592. The molecule has 21 heavy (non-hydrogen) atoms. The van der Waals surface area contributed by atoms with Crippen molar-refractivity contribution in [1.82, 2.24) is 0 Å². The number of ketones is 1. The van der Waals surface area contributed by atoms with Gasteiger partial charge in [0.15, 0.2) is 11.9 Å². The van der Waals surface area contributed by atoms with E-state index < -0.39 is 18.9 Å². The van der Waals surface area contributed by atoms with Gasteiger partial charge in [-0.15, -0.1) is 0 Å². The highest BCUT2D eigenvalue weighted by molar-refractivity contribution is 6.03. The van der Waals surface area contributed by atoms with Gasteiger partial charge in [0.1, 0.15) is 12.4 Å². The predicted molar refractivity (Wildman–Crippen MR) is 71.5 cm³/mol. The Kier molecular flexibility index (Phi) is 4.18. The van der Waals surface area contributed by atoms with Crippen LogP contribution in [0.1, 0.15) is 17.3 Å². The number of hydrogen-bond donors (Lipinski definition) is 1. The minimum atomic E-state index is -4.76. The summed E-state index contributed by atoms with van der Waals surface area (Å²) in [4.78, 5) is 11.6. The van der Waals surface area contributed by atoms with Crippen molar-refractivity contribution in [3.8, 4) is 5.75 Å². The summed E-state index contributed by atoms with van der Waals surface area (Å²) in [5, 5.41) is 10.3. The Morgan fingerprint density at radius 2 is 1.90 bits per heavy atom. The van der Waals surface area contributed by atoms with Crippen molar-refractivity contribution in [3.63, 3.8) is 0 Å². The Morgan fingerprint density at radius 3 is 2.52 bits per heavy atom. The van der Waals surface area contributed by atoms with Gasteiger partial charge in [-0.3, -0.25) is 4.79 Å². The van der Waals surface area contributed by atoms with Crippen LogP contribution in [0.2, 0.25) is 0 Å². The largest absolute Gasteiger partial charge is 0.489 e. The van der Waals surface area contributed by atoms with Crippen molar-refractivity contribution in [2.24, 2.45) is 0 Å². The number of halogens is 3. The third-order valence-electron chi connectivity index (χ3n) is 3.02. The van der Waals surface area contributed by atoms with Crippen LogP contribution in [0, 0.1) is 0 Å². The second-order valence-corrected chi connectivity index (χ2v) is 4.59. The van der Waals surface area contributed by atoms with E-state index in [2.05, 4.69) is 0 Å². The topological polar surface area (TPSA) is 46.5 Å². The Bertz CT molecular complexity index is 665. The number of aliphatic hydroxyl groups is 1. The van der Waals surface area contributed by atoms with E-state index in [-0.39, 0.29) is 17.1 Å². The predicted octanol–water partition coefficient (Wildman–Crippen LogP) is 3.34. The molecule has 6 heteroatoms. The zero-order valence-electron chi connectivity index (χ0n) is 11.1. The molecule has 112 valence electrons. The van der Waals surface area contributed by atoms with E-state index in [0.29, 0.717) is 5.39 Å². The molecule has 0 aromatic heterocycles. The third kappa shape index (κ3) is 3.33. The van der Waals surface area contributed by atoms with Gasteiger partial charge in [-0.25, -0.2) is 0 Å². The summed E-state index contributed by atoms with van der Waals surface area (Å²) in [5.74, 6) is -0.263. The number of alkyl halides is 3. The summed E-state index contributed by atoms with van der Waals surface area (Å²) < 4.78 is 42.1. The SMILES string of the molecule is CC(=O)c1ccc2ccccc2c1OCC(O)C(F)(F)F. The summed E-state index contributed by atoms with van der Waals surface area (Å²) in [6.07, 6.45) is -7.36. The van der Waals surface area contributed by atoms with Crippen LogP contribution in [0.15, 0.2) is 36.4 Å². The van der Waals surface area contributed by atoms with Gasteiger partial charge in [0, 0.05) is 5.39 Å². The van der Waals surface area contributed by atoms with Gasteiger partial charge in [0.25, 0.3) is 0 Å². The molecule has 3 nitrogen and oxygen atoms in total. The summed E-state index contributed by atoms with van der Waals surface area (Å²) >= 11 is 0. The first kappa shape index (κ1) is 15.3. The number of carbonyl (C=O) groups is 1. The first-order chi connectivity index (χ1) is 9.80. The normalized spacial score (nSPS) is 13.2. The Labute approximate surface area is 119 Å². The van der Waals surface area contributed by atoms with Crippen molar-refractivity contribution in [2.45, 2.75) is 19.2 Å². The van der Waals surface area contributed by atoms with Crippen molar-refractivity contribution < 1.29 is 27.8 Å². The van der Waals surface area contributed by atoms with Gasteiger partial charge in [0.05, 0.1) is 5.56 Å². The fourth-order valence-electron chi connectivity index (χ4n) is 1.93. The maximum Gasteiger partial charge on any atom is 0.417 e. The molecule has 1 atom stereocenters. The second kappa shape index (κ2) is 5.73. The molecule has 0 bridgehead atoms. The van der Waals surface area contributed by atoms with Crippen molar-refractivity contribution in [2.75, 3.05) is 6.61 Å². The second-order valence-electron chi connectivity index (χ2n) is 4.59. The van der Waals surface area contributed by atoms with E-state index in [1.54, 1.807) is 30.3 Å². The van der Waals surface area contributed by atoms with Gasteiger partial charge in [0.2, 0.25) is 0 Å². The van der Waals surface area contributed by atoms with E-state index in [1.807, 2.05) is 0 Å². The quantitative estimate of drug-likeness (QED) is 0.881. The molecular weight excluding hydrogens is 285 g/mol. The molecule has 0 amide bonds. The summed E-state index contributed by atoms with van der Waals surface area (Å²) in [7, 11) is 0. The van der Waals surface area contributed by atoms with Gasteiger partial charge in [-0.1, -0.05) is 30.3 Å². The van der Waals surface area contributed by atoms with Gasteiger partial charge < -0.3 is 9.84 Å². The molecule has 1 N–H and O–H groups in total. The number of hydrogen-bond acceptors (Lipinski definition) is 3. The average Bonchev–Trinajstić information content (AvgIpc) is 2.42. The fraction of sp³-hybridized carbons (Fsp3) is 0.267. The van der Waals surface area contributed by atoms with Crippen LogP contribution in [0.5, 0.6) is 5.75 Å². The number of carbonyl (C=O) groups excluding carboxylic acids is 1. The van der Waals surface area contributed by atoms with E-state index in [0.717, 1.165) is 5.39 Å². The van der Waals surface area contributed by atoms with E-state index in [4.69, 9.17) is 9.84 Å². The molecule has 2 aromatic carbocycles. The molecule has 0 aliphatic carbocycles. The molecular formula is C15H13F3O3. The van der Waals surface area contributed by atoms with Crippen molar-refractivity contribution >= 4 is 16.6 Å². The summed E-state index contributed by atoms with van der Waals surface area (Å²) in [6, 6.07) is 10.1. The minimum Gasteiger partial charge on any atom is -0.489 e. The molecule has 0 heterocycles. The van der Waals surface area contributed by atoms with Crippen molar-refractivity contribution in [3.05, 3.63) is 42.0 Å². The summed E-state index contributed by atoms with van der Waals surface area (Å²) in [6.45, 7) is 0.342. The van der Waals surface area contributed by atoms with E-state index in [1.165, 1.54) is 13.0 Å². The Hall–Kier alpha value is -2.08. The molecule has 0 aliphatic rings. The standard InChI is InChI=1S/C15H13F3O3/c1-9(19)11-7-6-10-4-2-3-5-12(10)14(11)21-8-13(20)15(16,17)18/h2-7,13,20H,8H2,1H3. The highest BCUT2D eigenvalue weighted by atomic mass is 19.4. The number of aliphatic hydroxyl groups excluding tert-OH is 1. The lowest BCUT2D eigenvalue weighted by molar-refractivity contribution is -0.210. The molecule has 0 saturated heterocycles. The summed E-state index contributed by atoms with van der Waals surface area (Å²) in [5.41, 5.74) is 0.183. The van der Waals surface area contributed by atoms with Gasteiger partial charge >= 0.3 is 6.18 Å². The van der Waals surface area contributed by atoms with E-state index in [9.17, 15) is 18.0 Å². The smallest absolute Gasteiger partial charge is 0.417 e. The highest BCUT2D eigenvalue weighted by Gasteiger charge is 2.39. The molecule has 0 fully saturated rings. The number of benzene rings is 2.